The van der Waals surface area contributed by atoms with Crippen molar-refractivity contribution in [2.24, 2.45) is 0 Å². The van der Waals surface area contributed by atoms with Gasteiger partial charge in [-0.25, -0.2) is 0 Å². The van der Waals surface area contributed by atoms with Crippen LogP contribution in [0.25, 0.3) is 0 Å². The molecule has 0 spiro atoms. The lowest BCUT2D eigenvalue weighted by Gasteiger charge is -2.09. The summed E-state index contributed by atoms with van der Waals surface area (Å²) < 4.78 is 11.4. The number of carbonyl (C=O) groups excluding carboxylic acids is 2. The van der Waals surface area contributed by atoms with E-state index >= 15 is 0 Å². The number of furan rings is 1. The molecule has 2 N–H and O–H groups in total. The largest absolute Gasteiger partial charge is 0.484 e. The molecule has 0 radical (unpaired) electrons. The number of hydrogen-bond acceptors (Lipinski definition) is 4. The Balaban J connectivity index is 1.55. The van der Waals surface area contributed by atoms with E-state index in [0.29, 0.717) is 17.1 Å². The molecule has 3 rings (SSSR count). The van der Waals surface area contributed by atoms with E-state index in [1.807, 2.05) is 12.1 Å². The average molecular weight is 415 g/mol. The highest BCUT2D eigenvalue weighted by Gasteiger charge is 2.09. The third-order valence-electron chi connectivity index (χ3n) is 3.32. The molecule has 1 aromatic heterocycles. The Kier molecular flexibility index (Phi) is 5.70. The number of amides is 2. The molecule has 0 fully saturated rings. The highest BCUT2D eigenvalue weighted by Crippen LogP contribution is 2.19. The number of rotatable bonds is 6. The second-order valence-electron chi connectivity index (χ2n) is 5.31. The van der Waals surface area contributed by atoms with E-state index in [1.54, 1.807) is 48.5 Å². The maximum atomic E-state index is 12.0. The highest BCUT2D eigenvalue weighted by molar-refractivity contribution is 9.10. The van der Waals surface area contributed by atoms with Crippen molar-refractivity contribution in [2.75, 3.05) is 17.2 Å². The van der Waals surface area contributed by atoms with Gasteiger partial charge >= 0.3 is 0 Å². The fourth-order valence-corrected chi connectivity index (χ4v) is 2.58. The fraction of sp³-hybridized carbons (Fsp3) is 0.0526. The van der Waals surface area contributed by atoms with Gasteiger partial charge in [-0.1, -0.05) is 28.1 Å². The predicted octanol–water partition coefficient (Wildman–Crippen LogP) is 4.31. The van der Waals surface area contributed by atoms with Crippen molar-refractivity contribution in [1.82, 2.24) is 0 Å². The Morgan fingerprint density at radius 1 is 0.962 bits per heavy atom. The summed E-state index contributed by atoms with van der Waals surface area (Å²) in [4.78, 5) is 24.0. The molecular formula is C19H15BrN2O4. The number of halogens is 1. The van der Waals surface area contributed by atoms with Gasteiger partial charge in [0.1, 0.15) is 5.75 Å². The molecule has 0 unspecified atom stereocenters. The monoisotopic (exact) mass is 414 g/mol. The van der Waals surface area contributed by atoms with Gasteiger partial charge in [-0.2, -0.15) is 0 Å². The van der Waals surface area contributed by atoms with Gasteiger partial charge in [0, 0.05) is 21.9 Å². The van der Waals surface area contributed by atoms with Gasteiger partial charge < -0.3 is 19.8 Å². The first-order chi connectivity index (χ1) is 12.6. The molecule has 0 saturated carbocycles. The minimum Gasteiger partial charge on any atom is -0.484 e. The zero-order valence-electron chi connectivity index (χ0n) is 13.6. The lowest BCUT2D eigenvalue weighted by Crippen LogP contribution is -2.20. The molecule has 1 heterocycles. The molecule has 0 bridgehead atoms. The second kappa shape index (κ2) is 8.35. The first kappa shape index (κ1) is 17.8. The van der Waals surface area contributed by atoms with Crippen molar-refractivity contribution in [3.8, 4) is 5.75 Å². The van der Waals surface area contributed by atoms with Crippen LogP contribution in [0, 0.1) is 0 Å². The molecule has 0 atom stereocenters. The Labute approximate surface area is 158 Å². The van der Waals surface area contributed by atoms with Gasteiger partial charge in [-0.15, -0.1) is 0 Å². The summed E-state index contributed by atoms with van der Waals surface area (Å²) in [5.41, 5.74) is 1.21. The Morgan fingerprint density at radius 2 is 1.73 bits per heavy atom. The van der Waals surface area contributed by atoms with Gasteiger partial charge in [-0.3, -0.25) is 9.59 Å². The van der Waals surface area contributed by atoms with Crippen LogP contribution in [0.2, 0.25) is 0 Å². The standard InChI is InChI=1S/C19H15BrN2O4/c20-13-4-1-5-14(10-13)21-18(23)12-26-16-7-2-6-15(11-16)22-19(24)17-8-3-9-25-17/h1-11H,12H2,(H,21,23)(H,22,24). The van der Waals surface area contributed by atoms with Gasteiger partial charge in [0.25, 0.3) is 11.8 Å². The topological polar surface area (TPSA) is 80.6 Å². The van der Waals surface area contributed by atoms with E-state index in [4.69, 9.17) is 9.15 Å². The maximum Gasteiger partial charge on any atom is 0.291 e. The zero-order valence-corrected chi connectivity index (χ0v) is 15.2. The number of nitrogens with one attached hydrogen (secondary N) is 2. The number of hydrogen-bond donors (Lipinski definition) is 2. The molecule has 2 aromatic carbocycles. The summed E-state index contributed by atoms with van der Waals surface area (Å²) in [5.74, 6) is 0.0315. The van der Waals surface area contributed by atoms with Crippen molar-refractivity contribution in [2.45, 2.75) is 0 Å². The van der Waals surface area contributed by atoms with Crippen LogP contribution in [-0.4, -0.2) is 18.4 Å². The predicted molar refractivity (Wildman–Crippen MR) is 101 cm³/mol. The van der Waals surface area contributed by atoms with E-state index < -0.39 is 0 Å². The van der Waals surface area contributed by atoms with Crippen molar-refractivity contribution in [3.63, 3.8) is 0 Å². The molecule has 26 heavy (non-hydrogen) atoms. The van der Waals surface area contributed by atoms with Crippen LogP contribution < -0.4 is 15.4 Å². The van der Waals surface area contributed by atoms with Crippen LogP contribution in [0.1, 0.15) is 10.6 Å². The molecule has 0 aliphatic heterocycles. The molecule has 0 aliphatic rings. The van der Waals surface area contributed by atoms with Gasteiger partial charge in [-0.05, 0) is 42.5 Å². The first-order valence-corrected chi connectivity index (χ1v) is 8.52. The summed E-state index contributed by atoms with van der Waals surface area (Å²) in [6.07, 6.45) is 1.43. The van der Waals surface area contributed by atoms with E-state index in [-0.39, 0.29) is 24.2 Å². The summed E-state index contributed by atoms with van der Waals surface area (Å²) in [6, 6.07) is 17.3. The summed E-state index contributed by atoms with van der Waals surface area (Å²) >= 11 is 3.35. The lowest BCUT2D eigenvalue weighted by atomic mass is 10.3. The number of ether oxygens (including phenoxy) is 1. The lowest BCUT2D eigenvalue weighted by molar-refractivity contribution is -0.118. The minimum atomic E-state index is -0.362. The summed E-state index contributed by atoms with van der Waals surface area (Å²) in [5, 5.41) is 5.44. The molecule has 132 valence electrons. The average Bonchev–Trinajstić information content (AvgIpc) is 3.15. The third-order valence-corrected chi connectivity index (χ3v) is 3.81. The highest BCUT2D eigenvalue weighted by atomic mass is 79.9. The first-order valence-electron chi connectivity index (χ1n) is 7.73. The van der Waals surface area contributed by atoms with E-state index in [9.17, 15) is 9.59 Å². The fourth-order valence-electron chi connectivity index (χ4n) is 2.18. The third kappa shape index (κ3) is 4.97. The van der Waals surface area contributed by atoms with Crippen LogP contribution in [-0.2, 0) is 4.79 Å². The minimum absolute atomic E-state index is 0.151. The number of benzene rings is 2. The molecule has 2 amide bonds. The van der Waals surface area contributed by atoms with Gasteiger partial charge in [0.05, 0.1) is 6.26 Å². The molecular weight excluding hydrogens is 400 g/mol. The Bertz CT molecular complexity index is 909. The molecule has 0 aliphatic carbocycles. The number of carbonyl (C=O) groups is 2. The Hall–Kier alpha value is -3.06. The summed E-state index contributed by atoms with van der Waals surface area (Å²) in [7, 11) is 0. The molecule has 6 nitrogen and oxygen atoms in total. The maximum absolute atomic E-state index is 12.0. The molecule has 3 aromatic rings. The van der Waals surface area contributed by atoms with Crippen molar-refractivity contribution in [1.29, 1.82) is 0 Å². The van der Waals surface area contributed by atoms with Gasteiger partial charge in [0.15, 0.2) is 12.4 Å². The van der Waals surface area contributed by atoms with Crippen molar-refractivity contribution < 1.29 is 18.7 Å². The normalized spacial score (nSPS) is 10.2. The van der Waals surface area contributed by atoms with Crippen molar-refractivity contribution in [3.05, 3.63) is 77.2 Å². The van der Waals surface area contributed by atoms with E-state index in [0.717, 1.165) is 4.47 Å². The van der Waals surface area contributed by atoms with Crippen LogP contribution in [0.3, 0.4) is 0 Å². The van der Waals surface area contributed by atoms with Crippen LogP contribution in [0.5, 0.6) is 5.75 Å². The zero-order chi connectivity index (χ0) is 18.4. The van der Waals surface area contributed by atoms with E-state index in [1.165, 1.54) is 6.26 Å². The SMILES string of the molecule is O=C(COc1cccc(NC(=O)c2ccco2)c1)Nc1cccc(Br)c1. The quantitative estimate of drug-likeness (QED) is 0.629. The van der Waals surface area contributed by atoms with Gasteiger partial charge in [0.2, 0.25) is 0 Å². The molecule has 7 heteroatoms. The summed E-state index contributed by atoms with van der Waals surface area (Å²) in [6.45, 7) is -0.151. The van der Waals surface area contributed by atoms with E-state index in [2.05, 4.69) is 26.6 Å². The number of anilines is 2. The molecule has 0 saturated heterocycles. The van der Waals surface area contributed by atoms with Crippen molar-refractivity contribution >= 4 is 39.1 Å². The smallest absolute Gasteiger partial charge is 0.291 e. The van der Waals surface area contributed by atoms with Crippen LogP contribution >= 0.6 is 15.9 Å². The van der Waals surface area contributed by atoms with Crippen LogP contribution in [0.15, 0.2) is 75.8 Å². The second-order valence-corrected chi connectivity index (χ2v) is 6.22. The Morgan fingerprint density at radius 3 is 2.46 bits per heavy atom. The van der Waals surface area contributed by atoms with Crippen LogP contribution in [0.4, 0.5) is 11.4 Å².